The molecule has 0 aromatic heterocycles. The maximum atomic E-state index is 13.1. The Morgan fingerprint density at radius 2 is 1.57 bits per heavy atom. The SMILES string of the molecule is CCc1ccccc1N1C(=O)C(Cl)=C(Nc2ccc(C(=O)Oc3c(C)ccc(C)c3C)cc2)C1=O. The van der Waals surface area contributed by atoms with Gasteiger partial charge in [-0.05, 0) is 79.8 Å². The van der Waals surface area contributed by atoms with Crippen molar-refractivity contribution >= 4 is 40.8 Å². The molecule has 1 heterocycles. The molecule has 0 unspecified atom stereocenters. The summed E-state index contributed by atoms with van der Waals surface area (Å²) in [5.41, 5.74) is 5.05. The first-order valence-electron chi connectivity index (χ1n) is 11.3. The molecular weight excluding hydrogens is 464 g/mol. The number of benzene rings is 3. The molecule has 0 aliphatic carbocycles. The molecule has 0 saturated heterocycles. The fraction of sp³-hybridized carbons (Fsp3) is 0.179. The Kier molecular flexibility index (Phi) is 6.76. The van der Waals surface area contributed by atoms with Crippen LogP contribution in [0.2, 0.25) is 0 Å². The van der Waals surface area contributed by atoms with E-state index < -0.39 is 17.8 Å². The van der Waals surface area contributed by atoms with Gasteiger partial charge in [0.2, 0.25) is 0 Å². The number of nitrogens with zero attached hydrogens (tertiary/aromatic N) is 1. The normalized spacial score (nSPS) is 13.5. The number of para-hydroxylation sites is 1. The van der Waals surface area contributed by atoms with Crippen LogP contribution >= 0.6 is 11.6 Å². The average molecular weight is 489 g/mol. The summed E-state index contributed by atoms with van der Waals surface area (Å²) < 4.78 is 5.65. The smallest absolute Gasteiger partial charge is 0.343 e. The van der Waals surface area contributed by atoms with E-state index in [1.165, 1.54) is 0 Å². The van der Waals surface area contributed by atoms with Crippen molar-refractivity contribution in [1.29, 1.82) is 0 Å². The zero-order valence-electron chi connectivity index (χ0n) is 19.9. The number of aryl methyl sites for hydroxylation is 3. The number of rotatable bonds is 6. The monoisotopic (exact) mass is 488 g/mol. The van der Waals surface area contributed by atoms with Gasteiger partial charge in [-0.3, -0.25) is 9.59 Å². The Hall–Kier alpha value is -3.90. The summed E-state index contributed by atoms with van der Waals surface area (Å²) in [6.45, 7) is 7.72. The fourth-order valence-electron chi connectivity index (χ4n) is 3.93. The molecule has 1 N–H and O–H groups in total. The summed E-state index contributed by atoms with van der Waals surface area (Å²) in [5, 5.41) is 2.75. The maximum absolute atomic E-state index is 13.1. The van der Waals surface area contributed by atoms with Crippen LogP contribution in [-0.4, -0.2) is 17.8 Å². The first kappa shape index (κ1) is 24.2. The minimum Gasteiger partial charge on any atom is -0.422 e. The second-order valence-electron chi connectivity index (χ2n) is 8.36. The van der Waals surface area contributed by atoms with Crippen LogP contribution in [0.4, 0.5) is 11.4 Å². The third kappa shape index (κ3) is 4.57. The van der Waals surface area contributed by atoms with Crippen molar-refractivity contribution in [2.24, 2.45) is 0 Å². The Morgan fingerprint density at radius 1 is 0.914 bits per heavy atom. The maximum Gasteiger partial charge on any atom is 0.343 e. The van der Waals surface area contributed by atoms with Gasteiger partial charge in [0.1, 0.15) is 16.5 Å². The molecule has 0 spiro atoms. The summed E-state index contributed by atoms with van der Waals surface area (Å²) in [5.74, 6) is -1.05. The summed E-state index contributed by atoms with van der Waals surface area (Å²) >= 11 is 6.26. The van der Waals surface area contributed by atoms with Crippen LogP contribution < -0.4 is 15.0 Å². The van der Waals surface area contributed by atoms with Gasteiger partial charge in [-0.1, -0.05) is 48.9 Å². The van der Waals surface area contributed by atoms with E-state index in [0.717, 1.165) is 27.2 Å². The largest absolute Gasteiger partial charge is 0.422 e. The quantitative estimate of drug-likeness (QED) is 0.268. The van der Waals surface area contributed by atoms with E-state index in [-0.39, 0.29) is 10.7 Å². The molecule has 1 aliphatic heterocycles. The third-order valence-corrected chi connectivity index (χ3v) is 6.45. The molecule has 2 amide bonds. The molecule has 0 fully saturated rings. The van der Waals surface area contributed by atoms with Crippen molar-refractivity contribution in [3.05, 3.63) is 99.2 Å². The molecule has 6 nitrogen and oxygen atoms in total. The van der Waals surface area contributed by atoms with E-state index in [1.807, 2.05) is 52.0 Å². The summed E-state index contributed by atoms with van der Waals surface area (Å²) in [7, 11) is 0. The zero-order valence-corrected chi connectivity index (χ0v) is 20.7. The van der Waals surface area contributed by atoms with Crippen molar-refractivity contribution in [3.63, 3.8) is 0 Å². The number of hydrogen-bond donors (Lipinski definition) is 1. The molecule has 35 heavy (non-hydrogen) atoms. The second-order valence-corrected chi connectivity index (χ2v) is 8.74. The number of nitrogens with one attached hydrogen (secondary N) is 1. The molecule has 0 atom stereocenters. The lowest BCUT2D eigenvalue weighted by molar-refractivity contribution is -0.120. The third-order valence-electron chi connectivity index (χ3n) is 6.10. The number of carbonyl (C=O) groups excluding carboxylic acids is 3. The van der Waals surface area contributed by atoms with Crippen LogP contribution in [0.25, 0.3) is 0 Å². The van der Waals surface area contributed by atoms with Crippen molar-refractivity contribution in [2.45, 2.75) is 34.1 Å². The molecule has 0 bridgehead atoms. The Bertz CT molecular complexity index is 1380. The summed E-state index contributed by atoms with van der Waals surface area (Å²) in [4.78, 5) is 39.7. The number of halogens is 1. The summed E-state index contributed by atoms with van der Waals surface area (Å²) in [6.07, 6.45) is 0.659. The summed E-state index contributed by atoms with van der Waals surface area (Å²) in [6, 6.07) is 17.6. The molecule has 7 heteroatoms. The van der Waals surface area contributed by atoms with Gasteiger partial charge in [0, 0.05) is 5.69 Å². The highest BCUT2D eigenvalue weighted by atomic mass is 35.5. The van der Waals surface area contributed by atoms with E-state index in [2.05, 4.69) is 5.32 Å². The van der Waals surface area contributed by atoms with Gasteiger partial charge in [-0.15, -0.1) is 0 Å². The number of amides is 2. The first-order chi connectivity index (χ1) is 16.7. The number of anilines is 2. The molecule has 1 aliphatic rings. The molecule has 0 radical (unpaired) electrons. The first-order valence-corrected chi connectivity index (χ1v) is 11.6. The number of hydrogen-bond acceptors (Lipinski definition) is 5. The lowest BCUT2D eigenvalue weighted by Crippen LogP contribution is -2.33. The predicted octanol–water partition coefficient (Wildman–Crippen LogP) is 5.83. The van der Waals surface area contributed by atoms with Crippen molar-refractivity contribution in [3.8, 4) is 5.75 Å². The molecule has 3 aromatic rings. The van der Waals surface area contributed by atoms with E-state index >= 15 is 0 Å². The highest BCUT2D eigenvalue weighted by molar-refractivity contribution is 6.53. The number of imide groups is 1. The Morgan fingerprint density at radius 3 is 2.26 bits per heavy atom. The van der Waals surface area contributed by atoms with Gasteiger partial charge in [0.15, 0.2) is 0 Å². The van der Waals surface area contributed by atoms with Crippen LogP contribution in [0.15, 0.2) is 71.4 Å². The van der Waals surface area contributed by atoms with Crippen LogP contribution in [0.3, 0.4) is 0 Å². The molecule has 178 valence electrons. The Balaban J connectivity index is 1.52. The average Bonchev–Trinajstić information content (AvgIpc) is 3.07. The number of ether oxygens (including phenoxy) is 1. The second kappa shape index (κ2) is 9.76. The highest BCUT2D eigenvalue weighted by Gasteiger charge is 2.39. The van der Waals surface area contributed by atoms with Gasteiger partial charge in [0.25, 0.3) is 11.8 Å². The van der Waals surface area contributed by atoms with Crippen molar-refractivity contribution in [2.75, 3.05) is 10.2 Å². The lowest BCUT2D eigenvalue weighted by Gasteiger charge is -2.18. The van der Waals surface area contributed by atoms with Gasteiger partial charge in [0.05, 0.1) is 11.3 Å². The van der Waals surface area contributed by atoms with E-state index in [4.69, 9.17) is 16.3 Å². The van der Waals surface area contributed by atoms with Gasteiger partial charge >= 0.3 is 5.97 Å². The predicted molar refractivity (Wildman–Crippen MR) is 137 cm³/mol. The van der Waals surface area contributed by atoms with Gasteiger partial charge < -0.3 is 10.1 Å². The minimum atomic E-state index is -0.579. The number of carbonyl (C=O) groups is 3. The molecule has 3 aromatic carbocycles. The fourth-order valence-corrected chi connectivity index (χ4v) is 4.14. The van der Waals surface area contributed by atoms with Crippen LogP contribution in [-0.2, 0) is 16.0 Å². The Labute approximate surface area is 209 Å². The molecule has 4 rings (SSSR count). The highest BCUT2D eigenvalue weighted by Crippen LogP contribution is 2.32. The van der Waals surface area contributed by atoms with Gasteiger partial charge in [-0.2, -0.15) is 0 Å². The van der Waals surface area contributed by atoms with E-state index in [1.54, 1.807) is 36.4 Å². The zero-order chi connectivity index (χ0) is 25.3. The van der Waals surface area contributed by atoms with Crippen molar-refractivity contribution < 1.29 is 19.1 Å². The standard InChI is InChI=1S/C28H25ClN2O4/c1-5-19-8-6-7-9-22(19)31-26(32)23(29)24(27(31)33)30-21-14-12-20(13-15-21)28(34)35-25-17(3)11-10-16(2)18(25)4/h6-15,30H,5H2,1-4H3. The van der Waals surface area contributed by atoms with Crippen LogP contribution in [0.1, 0.15) is 39.5 Å². The van der Waals surface area contributed by atoms with Crippen LogP contribution in [0.5, 0.6) is 5.75 Å². The van der Waals surface area contributed by atoms with Crippen LogP contribution in [0, 0.1) is 20.8 Å². The molecular formula is C28H25ClN2O4. The molecule has 0 saturated carbocycles. The topological polar surface area (TPSA) is 75.7 Å². The lowest BCUT2D eigenvalue weighted by atomic mass is 10.1. The minimum absolute atomic E-state index is 0.0103. The van der Waals surface area contributed by atoms with E-state index in [0.29, 0.717) is 29.1 Å². The van der Waals surface area contributed by atoms with Crippen molar-refractivity contribution in [1.82, 2.24) is 0 Å². The number of esters is 1. The van der Waals surface area contributed by atoms with E-state index in [9.17, 15) is 14.4 Å². The van der Waals surface area contributed by atoms with Gasteiger partial charge in [-0.25, -0.2) is 9.69 Å².